The molecule has 1 aromatic heterocycles. The Bertz CT molecular complexity index is 858. The SMILES string of the molecule is CCc1[nH]c(=O)c(C(=O)Nc2cc(Cl)ccc2C)cc1C(=O)OC. The van der Waals surface area contributed by atoms with Gasteiger partial charge in [-0.25, -0.2) is 4.79 Å². The van der Waals surface area contributed by atoms with Crippen LogP contribution in [0.5, 0.6) is 0 Å². The van der Waals surface area contributed by atoms with E-state index in [1.807, 2.05) is 0 Å². The van der Waals surface area contributed by atoms with Crippen molar-refractivity contribution in [3.8, 4) is 0 Å². The van der Waals surface area contributed by atoms with Crippen molar-refractivity contribution in [3.63, 3.8) is 0 Å². The van der Waals surface area contributed by atoms with Crippen molar-refractivity contribution in [2.24, 2.45) is 0 Å². The Kier molecular flexibility index (Phi) is 5.41. The molecule has 0 bridgehead atoms. The second-order valence-electron chi connectivity index (χ2n) is 5.16. The number of hydrogen-bond donors (Lipinski definition) is 2. The number of carbonyl (C=O) groups is 2. The summed E-state index contributed by atoms with van der Waals surface area (Å²) in [5.74, 6) is -1.24. The maximum atomic E-state index is 12.4. The van der Waals surface area contributed by atoms with Gasteiger partial charge >= 0.3 is 5.97 Å². The monoisotopic (exact) mass is 348 g/mol. The second-order valence-corrected chi connectivity index (χ2v) is 5.60. The summed E-state index contributed by atoms with van der Waals surface area (Å²) in [6.45, 7) is 3.59. The lowest BCUT2D eigenvalue weighted by molar-refractivity contribution is 0.0599. The molecule has 0 spiro atoms. The van der Waals surface area contributed by atoms with E-state index in [4.69, 9.17) is 16.3 Å². The summed E-state index contributed by atoms with van der Waals surface area (Å²) in [4.78, 5) is 39.0. The van der Waals surface area contributed by atoms with E-state index in [0.717, 1.165) is 5.56 Å². The molecule has 1 heterocycles. The fourth-order valence-corrected chi connectivity index (χ4v) is 2.40. The number of ether oxygens (including phenoxy) is 1. The van der Waals surface area contributed by atoms with Gasteiger partial charge in [0, 0.05) is 16.4 Å². The van der Waals surface area contributed by atoms with Crippen molar-refractivity contribution in [1.29, 1.82) is 0 Å². The zero-order chi connectivity index (χ0) is 17.9. The quantitative estimate of drug-likeness (QED) is 0.831. The number of anilines is 1. The average Bonchev–Trinajstić information content (AvgIpc) is 2.56. The highest BCUT2D eigenvalue weighted by molar-refractivity contribution is 6.31. The first-order valence-corrected chi connectivity index (χ1v) is 7.67. The van der Waals surface area contributed by atoms with Crippen LogP contribution in [0.3, 0.4) is 0 Å². The molecule has 0 aliphatic heterocycles. The maximum absolute atomic E-state index is 12.4. The molecule has 2 N–H and O–H groups in total. The van der Waals surface area contributed by atoms with Crippen LogP contribution in [0.2, 0.25) is 5.02 Å². The third-order valence-electron chi connectivity index (χ3n) is 3.57. The fraction of sp³-hybridized carbons (Fsp3) is 0.235. The molecule has 2 aromatic rings. The van der Waals surface area contributed by atoms with E-state index >= 15 is 0 Å². The van der Waals surface area contributed by atoms with Gasteiger partial charge in [-0.2, -0.15) is 0 Å². The lowest BCUT2D eigenvalue weighted by atomic mass is 10.1. The number of aromatic amines is 1. The van der Waals surface area contributed by atoms with Gasteiger partial charge in [-0.3, -0.25) is 9.59 Å². The van der Waals surface area contributed by atoms with Crippen molar-refractivity contribution in [2.45, 2.75) is 20.3 Å². The van der Waals surface area contributed by atoms with Crippen molar-refractivity contribution < 1.29 is 14.3 Å². The lowest BCUT2D eigenvalue weighted by Gasteiger charge is -2.11. The zero-order valence-corrected chi connectivity index (χ0v) is 14.3. The van der Waals surface area contributed by atoms with Gasteiger partial charge < -0.3 is 15.0 Å². The minimum Gasteiger partial charge on any atom is -0.465 e. The predicted molar refractivity (Wildman–Crippen MR) is 91.9 cm³/mol. The van der Waals surface area contributed by atoms with Gasteiger partial charge in [-0.05, 0) is 37.1 Å². The van der Waals surface area contributed by atoms with Crippen molar-refractivity contribution in [1.82, 2.24) is 4.98 Å². The minimum atomic E-state index is -0.630. The smallest absolute Gasteiger partial charge is 0.339 e. The Morgan fingerprint density at radius 1 is 1.25 bits per heavy atom. The van der Waals surface area contributed by atoms with Crippen LogP contribution in [-0.2, 0) is 11.2 Å². The van der Waals surface area contributed by atoms with E-state index in [-0.39, 0.29) is 11.1 Å². The summed E-state index contributed by atoms with van der Waals surface area (Å²) >= 11 is 5.92. The van der Waals surface area contributed by atoms with Gasteiger partial charge in [0.05, 0.1) is 12.7 Å². The first kappa shape index (κ1) is 17.7. The maximum Gasteiger partial charge on any atom is 0.339 e. The zero-order valence-electron chi connectivity index (χ0n) is 13.5. The van der Waals surface area contributed by atoms with Crippen LogP contribution in [0.4, 0.5) is 5.69 Å². The number of benzene rings is 1. The molecule has 0 atom stereocenters. The highest BCUT2D eigenvalue weighted by atomic mass is 35.5. The van der Waals surface area contributed by atoms with Gasteiger partial charge in [0.2, 0.25) is 0 Å². The number of amides is 1. The van der Waals surface area contributed by atoms with Crippen molar-refractivity contribution >= 4 is 29.2 Å². The van der Waals surface area contributed by atoms with E-state index in [1.165, 1.54) is 13.2 Å². The van der Waals surface area contributed by atoms with Gasteiger partial charge in [0.1, 0.15) is 5.56 Å². The third-order valence-corrected chi connectivity index (χ3v) is 3.81. The van der Waals surface area contributed by atoms with Gasteiger partial charge in [0.15, 0.2) is 0 Å². The number of pyridine rings is 1. The average molecular weight is 349 g/mol. The molecule has 126 valence electrons. The summed E-state index contributed by atoms with van der Waals surface area (Å²) in [7, 11) is 1.24. The molecule has 0 aliphatic carbocycles. The molecule has 0 saturated carbocycles. The summed E-state index contributed by atoms with van der Waals surface area (Å²) in [5, 5.41) is 3.09. The summed E-state index contributed by atoms with van der Waals surface area (Å²) in [5.41, 5.74) is 1.12. The van der Waals surface area contributed by atoms with Gasteiger partial charge in [0.25, 0.3) is 11.5 Å². The third kappa shape index (κ3) is 3.65. The standard InChI is InChI=1S/C17H17ClN2O4/c1-4-13-11(17(23)24-3)8-12(15(21)19-13)16(22)20-14-7-10(18)6-5-9(14)2/h5-8H,4H2,1-3H3,(H,19,21)(H,20,22). The Hall–Kier alpha value is -2.60. The fourth-order valence-electron chi connectivity index (χ4n) is 2.23. The number of hydrogen-bond acceptors (Lipinski definition) is 4. The molecule has 0 saturated heterocycles. The molecular formula is C17H17ClN2O4. The number of carbonyl (C=O) groups excluding carboxylic acids is 2. The van der Waals surface area contributed by atoms with Crippen LogP contribution < -0.4 is 10.9 Å². The number of halogens is 1. The molecular weight excluding hydrogens is 332 g/mol. The Morgan fingerprint density at radius 3 is 2.58 bits per heavy atom. The number of esters is 1. The number of aromatic nitrogens is 1. The normalized spacial score (nSPS) is 10.3. The van der Waals surface area contributed by atoms with E-state index in [9.17, 15) is 14.4 Å². The van der Waals surface area contributed by atoms with Crippen LogP contribution in [-0.4, -0.2) is 24.0 Å². The Morgan fingerprint density at radius 2 is 1.96 bits per heavy atom. The number of aryl methyl sites for hydroxylation is 2. The molecule has 24 heavy (non-hydrogen) atoms. The topological polar surface area (TPSA) is 88.3 Å². The highest BCUT2D eigenvalue weighted by Gasteiger charge is 2.19. The molecule has 2 rings (SSSR count). The van der Waals surface area contributed by atoms with Crippen LogP contribution in [0.15, 0.2) is 29.1 Å². The second kappa shape index (κ2) is 7.31. The van der Waals surface area contributed by atoms with Crippen LogP contribution in [0.1, 0.15) is 38.9 Å². The molecule has 0 radical (unpaired) electrons. The number of H-pyrrole nitrogens is 1. The first-order valence-electron chi connectivity index (χ1n) is 7.29. The van der Waals surface area contributed by atoms with Gasteiger partial charge in [-0.1, -0.05) is 24.6 Å². The van der Waals surface area contributed by atoms with Crippen LogP contribution >= 0.6 is 11.6 Å². The molecule has 1 amide bonds. The number of rotatable bonds is 4. The Labute approximate surface area is 143 Å². The molecule has 0 unspecified atom stereocenters. The van der Waals surface area contributed by atoms with Crippen molar-refractivity contribution in [2.75, 3.05) is 12.4 Å². The van der Waals surface area contributed by atoms with Gasteiger partial charge in [-0.15, -0.1) is 0 Å². The van der Waals surface area contributed by atoms with E-state index in [1.54, 1.807) is 32.0 Å². The highest BCUT2D eigenvalue weighted by Crippen LogP contribution is 2.20. The first-order chi connectivity index (χ1) is 11.4. The largest absolute Gasteiger partial charge is 0.465 e. The minimum absolute atomic E-state index is 0.160. The van der Waals surface area contributed by atoms with Crippen LogP contribution in [0.25, 0.3) is 0 Å². The van der Waals surface area contributed by atoms with Crippen LogP contribution in [0, 0.1) is 6.92 Å². The summed E-state index contributed by atoms with van der Waals surface area (Å²) in [6, 6.07) is 6.29. The van der Waals surface area contributed by atoms with E-state index < -0.39 is 17.4 Å². The number of nitrogens with one attached hydrogen (secondary N) is 2. The molecule has 6 nitrogen and oxygen atoms in total. The lowest BCUT2D eigenvalue weighted by Crippen LogP contribution is -2.26. The Balaban J connectivity index is 2.44. The van der Waals surface area contributed by atoms with Crippen molar-refractivity contribution in [3.05, 3.63) is 62.0 Å². The van der Waals surface area contributed by atoms with E-state index in [2.05, 4.69) is 10.3 Å². The predicted octanol–water partition coefficient (Wildman–Crippen LogP) is 2.94. The summed E-state index contributed by atoms with van der Waals surface area (Å²) < 4.78 is 4.70. The summed E-state index contributed by atoms with van der Waals surface area (Å²) in [6.07, 6.45) is 0.426. The molecule has 7 heteroatoms. The molecule has 1 aromatic carbocycles. The number of methoxy groups -OCH3 is 1. The molecule has 0 fully saturated rings. The molecule has 0 aliphatic rings. The van der Waals surface area contributed by atoms with E-state index in [0.29, 0.717) is 22.8 Å².